The van der Waals surface area contributed by atoms with Gasteiger partial charge in [0, 0.05) is 18.2 Å². The quantitative estimate of drug-likeness (QED) is 0.833. The highest BCUT2D eigenvalue weighted by Crippen LogP contribution is 2.29. The zero-order valence-corrected chi connectivity index (χ0v) is 9.31. The van der Waals surface area contributed by atoms with Gasteiger partial charge in [0.1, 0.15) is 11.6 Å². The summed E-state index contributed by atoms with van der Waals surface area (Å²) in [5, 5.41) is 12.6. The van der Waals surface area contributed by atoms with Gasteiger partial charge in [-0.1, -0.05) is 11.6 Å². The van der Waals surface area contributed by atoms with Crippen molar-refractivity contribution in [3.05, 3.63) is 28.5 Å². The molecule has 5 heteroatoms. The van der Waals surface area contributed by atoms with Gasteiger partial charge in [-0.3, -0.25) is 0 Å². The van der Waals surface area contributed by atoms with E-state index in [1.807, 2.05) is 0 Å². The molecule has 1 rings (SSSR count). The van der Waals surface area contributed by atoms with Crippen LogP contribution in [0.1, 0.15) is 11.7 Å². The van der Waals surface area contributed by atoms with Gasteiger partial charge in [0.2, 0.25) is 0 Å². The minimum absolute atomic E-state index is 0.162. The van der Waals surface area contributed by atoms with Gasteiger partial charge in [-0.2, -0.15) is 0 Å². The van der Waals surface area contributed by atoms with E-state index in [1.165, 1.54) is 13.2 Å². The van der Waals surface area contributed by atoms with Crippen molar-refractivity contribution in [1.82, 2.24) is 5.32 Å². The van der Waals surface area contributed by atoms with Crippen LogP contribution < -0.4 is 10.1 Å². The zero-order chi connectivity index (χ0) is 11.4. The Morgan fingerprint density at radius 2 is 2.27 bits per heavy atom. The van der Waals surface area contributed by atoms with Gasteiger partial charge in [-0.05, 0) is 13.1 Å². The first-order chi connectivity index (χ1) is 7.10. The standard InChI is InChI=1S/C10H13ClFNO2/c1-13-5-9(14)6-3-7(11)10(15-2)4-8(6)12/h3-4,9,13-14H,5H2,1-2H3. The average molecular weight is 234 g/mol. The summed E-state index contributed by atoms with van der Waals surface area (Å²) in [4.78, 5) is 0. The van der Waals surface area contributed by atoms with Crippen LogP contribution in [0, 0.1) is 5.82 Å². The molecule has 0 bridgehead atoms. The van der Waals surface area contributed by atoms with E-state index in [-0.39, 0.29) is 22.9 Å². The molecule has 0 amide bonds. The Morgan fingerprint density at radius 3 is 2.80 bits per heavy atom. The van der Waals surface area contributed by atoms with Crippen LogP contribution in [0.3, 0.4) is 0 Å². The van der Waals surface area contributed by atoms with Crippen molar-refractivity contribution in [3.63, 3.8) is 0 Å². The predicted octanol–water partition coefficient (Wildman–Crippen LogP) is 1.74. The smallest absolute Gasteiger partial charge is 0.140 e. The lowest BCUT2D eigenvalue weighted by Crippen LogP contribution is -2.17. The number of halogens is 2. The number of hydrogen-bond donors (Lipinski definition) is 2. The van der Waals surface area contributed by atoms with Crippen LogP contribution in [-0.2, 0) is 0 Å². The van der Waals surface area contributed by atoms with Crippen molar-refractivity contribution in [3.8, 4) is 5.75 Å². The van der Waals surface area contributed by atoms with Crippen molar-refractivity contribution in [2.45, 2.75) is 6.10 Å². The summed E-state index contributed by atoms with van der Waals surface area (Å²) in [5.41, 5.74) is 0.162. The van der Waals surface area contributed by atoms with Gasteiger partial charge < -0.3 is 15.2 Å². The summed E-state index contributed by atoms with van der Waals surface area (Å²) >= 11 is 5.82. The molecule has 84 valence electrons. The summed E-state index contributed by atoms with van der Waals surface area (Å²) in [6.45, 7) is 0.263. The zero-order valence-electron chi connectivity index (χ0n) is 8.55. The number of rotatable bonds is 4. The van der Waals surface area contributed by atoms with Gasteiger partial charge in [-0.15, -0.1) is 0 Å². The summed E-state index contributed by atoms with van der Waals surface area (Å²) in [5.74, 6) is -0.270. The summed E-state index contributed by atoms with van der Waals surface area (Å²) in [6.07, 6.45) is -0.918. The van der Waals surface area contributed by atoms with Crippen LogP contribution in [0.4, 0.5) is 4.39 Å². The molecule has 0 spiro atoms. The van der Waals surface area contributed by atoms with Crippen LogP contribution in [0.5, 0.6) is 5.75 Å². The second-order valence-corrected chi connectivity index (χ2v) is 3.49. The third kappa shape index (κ3) is 2.81. The second kappa shape index (κ2) is 5.30. The van der Waals surface area contributed by atoms with Gasteiger partial charge in [0.15, 0.2) is 0 Å². The lowest BCUT2D eigenvalue weighted by Gasteiger charge is -2.13. The molecule has 0 aromatic heterocycles. The van der Waals surface area contributed by atoms with Crippen LogP contribution in [0.15, 0.2) is 12.1 Å². The van der Waals surface area contributed by atoms with Gasteiger partial charge >= 0.3 is 0 Å². The SMILES string of the molecule is CNCC(O)c1cc(Cl)c(OC)cc1F. The molecule has 1 atom stereocenters. The highest BCUT2D eigenvalue weighted by atomic mass is 35.5. The van der Waals surface area contributed by atoms with Crippen LogP contribution in [0.25, 0.3) is 0 Å². The van der Waals surface area contributed by atoms with Crippen molar-refractivity contribution in [2.75, 3.05) is 20.7 Å². The largest absolute Gasteiger partial charge is 0.495 e. The number of aliphatic hydroxyl groups is 1. The average Bonchev–Trinajstić information content (AvgIpc) is 2.21. The number of ether oxygens (including phenoxy) is 1. The van der Waals surface area contributed by atoms with E-state index in [4.69, 9.17) is 16.3 Å². The van der Waals surface area contributed by atoms with E-state index < -0.39 is 11.9 Å². The highest BCUT2D eigenvalue weighted by Gasteiger charge is 2.15. The Balaban J connectivity index is 3.04. The molecule has 1 unspecified atom stereocenters. The third-order valence-corrected chi connectivity index (χ3v) is 2.32. The number of aliphatic hydroxyl groups excluding tert-OH is 1. The molecular formula is C10H13ClFNO2. The molecule has 0 heterocycles. The Kier molecular flexibility index (Phi) is 4.32. The van der Waals surface area contributed by atoms with E-state index in [2.05, 4.69) is 5.32 Å². The van der Waals surface area contributed by atoms with Crippen molar-refractivity contribution in [1.29, 1.82) is 0 Å². The van der Waals surface area contributed by atoms with E-state index in [1.54, 1.807) is 7.05 Å². The monoisotopic (exact) mass is 233 g/mol. The van der Waals surface area contributed by atoms with Gasteiger partial charge in [-0.25, -0.2) is 4.39 Å². The van der Waals surface area contributed by atoms with Crippen molar-refractivity contribution < 1.29 is 14.2 Å². The number of benzene rings is 1. The number of nitrogens with one attached hydrogen (secondary N) is 1. The molecule has 0 saturated heterocycles. The summed E-state index contributed by atoms with van der Waals surface area (Å²) < 4.78 is 18.3. The van der Waals surface area contributed by atoms with E-state index in [0.29, 0.717) is 0 Å². The maximum Gasteiger partial charge on any atom is 0.140 e. The minimum atomic E-state index is -0.918. The van der Waals surface area contributed by atoms with Gasteiger partial charge in [0.05, 0.1) is 18.2 Å². The Hall–Kier alpha value is -0.840. The second-order valence-electron chi connectivity index (χ2n) is 3.08. The lowest BCUT2D eigenvalue weighted by molar-refractivity contribution is 0.173. The van der Waals surface area contributed by atoms with E-state index >= 15 is 0 Å². The highest BCUT2D eigenvalue weighted by molar-refractivity contribution is 6.32. The molecular weight excluding hydrogens is 221 g/mol. The molecule has 2 N–H and O–H groups in total. The Bertz CT molecular complexity index is 346. The van der Waals surface area contributed by atoms with E-state index in [9.17, 15) is 9.50 Å². The number of likely N-dealkylation sites (N-methyl/N-ethyl adjacent to an activating group) is 1. The molecule has 0 saturated carbocycles. The molecule has 1 aromatic carbocycles. The molecule has 0 radical (unpaired) electrons. The predicted molar refractivity (Wildman–Crippen MR) is 56.8 cm³/mol. The maximum absolute atomic E-state index is 13.5. The maximum atomic E-state index is 13.5. The first kappa shape index (κ1) is 12.2. The molecule has 3 nitrogen and oxygen atoms in total. The topological polar surface area (TPSA) is 41.5 Å². The Morgan fingerprint density at radius 1 is 1.60 bits per heavy atom. The van der Waals surface area contributed by atoms with Crippen LogP contribution in [-0.4, -0.2) is 25.8 Å². The molecule has 0 aliphatic heterocycles. The molecule has 0 aliphatic carbocycles. The minimum Gasteiger partial charge on any atom is -0.495 e. The molecule has 1 aromatic rings. The van der Waals surface area contributed by atoms with Crippen LogP contribution >= 0.6 is 11.6 Å². The number of hydrogen-bond acceptors (Lipinski definition) is 3. The van der Waals surface area contributed by atoms with Crippen molar-refractivity contribution >= 4 is 11.6 Å². The van der Waals surface area contributed by atoms with Crippen LogP contribution in [0.2, 0.25) is 5.02 Å². The fourth-order valence-electron chi connectivity index (χ4n) is 1.26. The summed E-state index contributed by atoms with van der Waals surface area (Å²) in [6, 6.07) is 2.54. The normalized spacial score (nSPS) is 12.6. The fraction of sp³-hybridized carbons (Fsp3) is 0.400. The molecule has 0 aliphatic rings. The number of methoxy groups -OCH3 is 1. The fourth-order valence-corrected chi connectivity index (χ4v) is 1.51. The van der Waals surface area contributed by atoms with Gasteiger partial charge in [0.25, 0.3) is 0 Å². The Labute approximate surface area is 92.8 Å². The van der Waals surface area contributed by atoms with Crippen molar-refractivity contribution in [2.24, 2.45) is 0 Å². The molecule has 15 heavy (non-hydrogen) atoms. The molecule has 0 fully saturated rings. The van der Waals surface area contributed by atoms with E-state index in [0.717, 1.165) is 6.07 Å². The first-order valence-electron chi connectivity index (χ1n) is 4.45. The third-order valence-electron chi connectivity index (χ3n) is 2.03. The lowest BCUT2D eigenvalue weighted by atomic mass is 10.1. The first-order valence-corrected chi connectivity index (χ1v) is 4.83. The summed E-state index contributed by atoms with van der Waals surface area (Å²) in [7, 11) is 3.08.